The highest BCUT2D eigenvalue weighted by atomic mass is 32.1. The molecule has 0 saturated heterocycles. The van der Waals surface area contributed by atoms with E-state index in [2.05, 4.69) is 35.1 Å². The molecular formula is C16H15N3O2S. The normalized spacial score (nSPS) is 20.2. The van der Waals surface area contributed by atoms with E-state index in [0.29, 0.717) is 0 Å². The zero-order valence-corrected chi connectivity index (χ0v) is 12.8. The number of imidazole rings is 1. The van der Waals surface area contributed by atoms with Crippen LogP contribution < -0.4 is 5.69 Å². The average molecular weight is 313 g/mol. The van der Waals surface area contributed by atoms with Gasteiger partial charge in [0.05, 0.1) is 16.8 Å². The molecule has 22 heavy (non-hydrogen) atoms. The fraction of sp³-hybridized carbons (Fsp3) is 0.250. The maximum atomic E-state index is 11.7. The second-order valence-electron chi connectivity index (χ2n) is 5.62. The molecule has 1 aliphatic rings. The Morgan fingerprint density at radius 3 is 2.82 bits per heavy atom. The first-order valence-electron chi connectivity index (χ1n) is 7.15. The number of rotatable bonds is 3. The van der Waals surface area contributed by atoms with Gasteiger partial charge in [-0.25, -0.2) is 4.79 Å². The quantitative estimate of drug-likeness (QED) is 0.780. The van der Waals surface area contributed by atoms with Crippen LogP contribution in [0.1, 0.15) is 28.8 Å². The van der Waals surface area contributed by atoms with Crippen LogP contribution in [0.3, 0.4) is 0 Å². The maximum absolute atomic E-state index is 11.7. The molecule has 0 aliphatic heterocycles. The zero-order chi connectivity index (χ0) is 15.3. The number of aromatic amines is 1. The standard InChI is InChI=1S/C16H15N3O2S/c1-9-2-5-14(22-9)12-4-3-10(7-17-12)11-6-13(11)19-15(20)8-18-16(19)21/h2-5,7-8,11,13,20H,6H2,1H3,(H,18,21). The van der Waals surface area contributed by atoms with E-state index < -0.39 is 0 Å². The molecular weight excluding hydrogens is 298 g/mol. The van der Waals surface area contributed by atoms with Crippen molar-refractivity contribution in [3.05, 3.63) is 57.6 Å². The smallest absolute Gasteiger partial charge is 0.328 e. The van der Waals surface area contributed by atoms with Gasteiger partial charge in [-0.15, -0.1) is 11.3 Å². The zero-order valence-electron chi connectivity index (χ0n) is 12.0. The molecule has 3 heterocycles. The van der Waals surface area contributed by atoms with E-state index in [9.17, 15) is 9.90 Å². The van der Waals surface area contributed by atoms with Crippen LogP contribution in [0.25, 0.3) is 10.6 Å². The molecule has 1 aliphatic carbocycles. The molecule has 3 aromatic rings. The van der Waals surface area contributed by atoms with E-state index in [0.717, 1.165) is 22.6 Å². The third-order valence-corrected chi connectivity index (χ3v) is 5.11. The third-order valence-electron chi connectivity index (χ3n) is 4.09. The summed E-state index contributed by atoms with van der Waals surface area (Å²) in [6.45, 7) is 2.08. The Kier molecular flexibility index (Phi) is 2.94. The summed E-state index contributed by atoms with van der Waals surface area (Å²) in [7, 11) is 0. The maximum Gasteiger partial charge on any atom is 0.328 e. The summed E-state index contributed by atoms with van der Waals surface area (Å²) in [6, 6.07) is 8.29. The molecule has 1 fully saturated rings. The molecule has 6 heteroatoms. The fourth-order valence-electron chi connectivity index (χ4n) is 2.86. The molecule has 0 amide bonds. The van der Waals surface area contributed by atoms with Crippen molar-refractivity contribution in [2.45, 2.75) is 25.3 Å². The van der Waals surface area contributed by atoms with Crippen molar-refractivity contribution >= 4 is 11.3 Å². The van der Waals surface area contributed by atoms with Crippen molar-refractivity contribution in [2.75, 3.05) is 0 Å². The van der Waals surface area contributed by atoms with E-state index in [1.54, 1.807) is 11.3 Å². The molecule has 0 aromatic carbocycles. The molecule has 3 aromatic heterocycles. The Morgan fingerprint density at radius 2 is 2.23 bits per heavy atom. The SMILES string of the molecule is Cc1ccc(-c2ccc(C3CC3n3c(O)c[nH]c3=O)cn2)s1. The van der Waals surface area contributed by atoms with Gasteiger partial charge >= 0.3 is 5.69 Å². The molecule has 1 saturated carbocycles. The molecule has 2 N–H and O–H groups in total. The fourth-order valence-corrected chi connectivity index (χ4v) is 3.70. The molecule has 5 nitrogen and oxygen atoms in total. The van der Waals surface area contributed by atoms with Crippen LogP contribution in [0.15, 0.2) is 41.5 Å². The Morgan fingerprint density at radius 1 is 1.36 bits per heavy atom. The number of nitrogens with one attached hydrogen (secondary N) is 1. The topological polar surface area (TPSA) is 70.9 Å². The second kappa shape index (κ2) is 4.84. The van der Waals surface area contributed by atoms with E-state index in [1.807, 2.05) is 12.3 Å². The summed E-state index contributed by atoms with van der Waals surface area (Å²) in [6.07, 6.45) is 4.06. The average Bonchev–Trinajstić information content (AvgIpc) is 3.05. The van der Waals surface area contributed by atoms with Crippen LogP contribution in [-0.2, 0) is 0 Å². The monoisotopic (exact) mass is 313 g/mol. The van der Waals surface area contributed by atoms with Crippen molar-refractivity contribution in [3.63, 3.8) is 0 Å². The van der Waals surface area contributed by atoms with Gasteiger partial charge in [0.2, 0.25) is 5.88 Å². The number of aryl methyl sites for hydroxylation is 1. The largest absolute Gasteiger partial charge is 0.493 e. The number of aromatic hydroxyl groups is 1. The molecule has 2 unspecified atom stereocenters. The summed E-state index contributed by atoms with van der Waals surface area (Å²) >= 11 is 1.73. The minimum absolute atomic E-state index is 0.00357. The van der Waals surface area contributed by atoms with Crippen molar-refractivity contribution < 1.29 is 5.11 Å². The second-order valence-corrected chi connectivity index (χ2v) is 6.91. The Balaban J connectivity index is 1.57. The number of pyridine rings is 1. The minimum Gasteiger partial charge on any atom is -0.493 e. The van der Waals surface area contributed by atoms with Crippen LogP contribution in [-0.4, -0.2) is 19.6 Å². The molecule has 4 rings (SSSR count). The first-order valence-corrected chi connectivity index (χ1v) is 7.97. The lowest BCUT2D eigenvalue weighted by Gasteiger charge is -2.03. The predicted molar refractivity (Wildman–Crippen MR) is 85.4 cm³/mol. The van der Waals surface area contributed by atoms with Crippen molar-refractivity contribution in [3.8, 4) is 16.5 Å². The van der Waals surface area contributed by atoms with Gasteiger partial charge in [0.15, 0.2) is 0 Å². The van der Waals surface area contributed by atoms with E-state index in [4.69, 9.17) is 0 Å². The number of nitrogens with zero attached hydrogens (tertiary/aromatic N) is 2. The first-order chi connectivity index (χ1) is 10.6. The van der Waals surface area contributed by atoms with Gasteiger partial charge < -0.3 is 10.1 Å². The Labute approximate surface area is 130 Å². The van der Waals surface area contributed by atoms with Gasteiger partial charge in [-0.1, -0.05) is 6.07 Å². The van der Waals surface area contributed by atoms with E-state index in [-0.39, 0.29) is 23.5 Å². The highest BCUT2D eigenvalue weighted by molar-refractivity contribution is 7.15. The summed E-state index contributed by atoms with van der Waals surface area (Å²) in [5.74, 6) is 0.238. The predicted octanol–water partition coefficient (Wildman–Crippen LogP) is 3.04. The number of hydrogen-bond acceptors (Lipinski definition) is 4. The summed E-state index contributed by atoms with van der Waals surface area (Å²) in [4.78, 5) is 21.1. The van der Waals surface area contributed by atoms with Crippen molar-refractivity contribution in [1.29, 1.82) is 0 Å². The number of thiophene rings is 1. The van der Waals surface area contributed by atoms with Gasteiger partial charge in [-0.3, -0.25) is 9.55 Å². The molecule has 2 atom stereocenters. The Hall–Kier alpha value is -2.34. The van der Waals surface area contributed by atoms with E-state index in [1.165, 1.54) is 15.6 Å². The molecule has 0 bridgehead atoms. The summed E-state index contributed by atoms with van der Waals surface area (Å²) in [5, 5.41) is 9.72. The molecule has 0 radical (unpaired) electrons. The van der Waals surface area contributed by atoms with Gasteiger partial charge in [0.25, 0.3) is 0 Å². The van der Waals surface area contributed by atoms with Crippen LogP contribution in [0.4, 0.5) is 0 Å². The lowest BCUT2D eigenvalue weighted by molar-refractivity contribution is 0.413. The van der Waals surface area contributed by atoms with Crippen LogP contribution in [0.5, 0.6) is 5.88 Å². The van der Waals surface area contributed by atoms with E-state index >= 15 is 0 Å². The number of aromatic nitrogens is 3. The van der Waals surface area contributed by atoms with Gasteiger partial charge in [0, 0.05) is 23.0 Å². The highest BCUT2D eigenvalue weighted by Crippen LogP contribution is 2.51. The lowest BCUT2D eigenvalue weighted by Crippen LogP contribution is -2.15. The molecule has 0 spiro atoms. The highest BCUT2D eigenvalue weighted by Gasteiger charge is 2.42. The van der Waals surface area contributed by atoms with Crippen LogP contribution in [0, 0.1) is 6.92 Å². The summed E-state index contributed by atoms with van der Waals surface area (Å²) < 4.78 is 1.42. The number of H-pyrrole nitrogens is 1. The van der Waals surface area contributed by atoms with Gasteiger partial charge in [0.1, 0.15) is 0 Å². The first kappa shape index (κ1) is 13.3. The van der Waals surface area contributed by atoms with Gasteiger partial charge in [-0.05, 0) is 37.1 Å². The Bertz CT molecular complexity index is 875. The van der Waals surface area contributed by atoms with Crippen LogP contribution >= 0.6 is 11.3 Å². The van der Waals surface area contributed by atoms with Gasteiger partial charge in [-0.2, -0.15) is 0 Å². The minimum atomic E-state index is -0.261. The van der Waals surface area contributed by atoms with Crippen LogP contribution in [0.2, 0.25) is 0 Å². The number of hydrogen-bond donors (Lipinski definition) is 2. The lowest BCUT2D eigenvalue weighted by atomic mass is 10.1. The van der Waals surface area contributed by atoms with Crippen molar-refractivity contribution in [2.24, 2.45) is 0 Å². The summed E-state index contributed by atoms with van der Waals surface area (Å²) in [5.41, 5.74) is 1.82. The third kappa shape index (κ3) is 2.16. The molecule has 112 valence electrons. The van der Waals surface area contributed by atoms with Crippen molar-refractivity contribution in [1.82, 2.24) is 14.5 Å².